The Bertz CT molecular complexity index is 768. The van der Waals surface area contributed by atoms with Gasteiger partial charge >= 0.3 is 0 Å². The minimum atomic E-state index is 0.209. The number of carbonyl (C=O) groups is 1. The Morgan fingerprint density at radius 2 is 1.93 bits per heavy atom. The molecule has 4 nitrogen and oxygen atoms in total. The van der Waals surface area contributed by atoms with Gasteiger partial charge in [-0.3, -0.25) is 9.69 Å². The largest absolute Gasteiger partial charge is 0.375 e. The maximum absolute atomic E-state index is 12.7. The quantitative estimate of drug-likeness (QED) is 0.726. The molecule has 2 aliphatic heterocycles. The van der Waals surface area contributed by atoms with E-state index in [1.54, 1.807) is 11.3 Å². The van der Waals surface area contributed by atoms with E-state index in [9.17, 15) is 4.79 Å². The molecule has 1 aromatic heterocycles. The van der Waals surface area contributed by atoms with Crippen LogP contribution < -0.4 is 0 Å². The van der Waals surface area contributed by atoms with Crippen molar-refractivity contribution in [2.45, 2.75) is 51.3 Å². The number of amides is 1. The van der Waals surface area contributed by atoms with Crippen LogP contribution in [0.2, 0.25) is 0 Å². The standard InChI is InChI=1S/C23H30N2O2S/c1-18-14-22(28-17-18)23(26)24-12-9-20(10-13-24)25-11-5-8-21(25)16-27-15-19-6-3-2-4-7-19/h2-4,6-7,14,17,20-21H,5,8-13,15-16H2,1H3/t21-/m0/s1. The second kappa shape index (κ2) is 9.21. The van der Waals surface area contributed by atoms with Gasteiger partial charge in [-0.2, -0.15) is 0 Å². The molecule has 0 saturated carbocycles. The summed E-state index contributed by atoms with van der Waals surface area (Å²) in [5.41, 5.74) is 2.42. The van der Waals surface area contributed by atoms with E-state index >= 15 is 0 Å². The van der Waals surface area contributed by atoms with Gasteiger partial charge in [-0.05, 0) is 61.7 Å². The molecular weight excluding hydrogens is 368 g/mol. The monoisotopic (exact) mass is 398 g/mol. The third kappa shape index (κ3) is 4.65. The first-order valence-electron chi connectivity index (χ1n) is 10.4. The van der Waals surface area contributed by atoms with Gasteiger partial charge in [-0.25, -0.2) is 0 Å². The summed E-state index contributed by atoms with van der Waals surface area (Å²) in [5, 5.41) is 2.06. The Morgan fingerprint density at radius 3 is 2.64 bits per heavy atom. The van der Waals surface area contributed by atoms with Crippen molar-refractivity contribution in [3.8, 4) is 0 Å². The average molecular weight is 399 g/mol. The zero-order chi connectivity index (χ0) is 19.3. The van der Waals surface area contributed by atoms with E-state index in [1.165, 1.54) is 30.5 Å². The molecule has 1 aromatic carbocycles. The first-order valence-corrected chi connectivity index (χ1v) is 11.3. The number of thiophene rings is 1. The van der Waals surface area contributed by atoms with Crippen LogP contribution in [0.15, 0.2) is 41.8 Å². The molecule has 0 bridgehead atoms. The SMILES string of the molecule is Cc1csc(C(=O)N2CCC(N3CCC[C@H]3COCc3ccccc3)CC2)c1. The molecule has 2 aromatic rings. The van der Waals surface area contributed by atoms with Gasteiger partial charge in [-0.1, -0.05) is 30.3 Å². The topological polar surface area (TPSA) is 32.8 Å². The van der Waals surface area contributed by atoms with E-state index in [2.05, 4.69) is 34.5 Å². The molecule has 2 saturated heterocycles. The lowest BCUT2D eigenvalue weighted by Crippen LogP contribution is -2.49. The Hall–Kier alpha value is -1.69. The van der Waals surface area contributed by atoms with Gasteiger partial charge in [0.1, 0.15) is 0 Å². The molecule has 0 N–H and O–H groups in total. The van der Waals surface area contributed by atoms with E-state index < -0.39 is 0 Å². The smallest absolute Gasteiger partial charge is 0.263 e. The van der Waals surface area contributed by atoms with Crippen molar-refractivity contribution in [2.75, 3.05) is 26.2 Å². The van der Waals surface area contributed by atoms with Gasteiger partial charge in [0.2, 0.25) is 0 Å². The molecule has 150 valence electrons. The van der Waals surface area contributed by atoms with Crippen LogP contribution in [0.4, 0.5) is 0 Å². The number of likely N-dealkylation sites (tertiary alicyclic amines) is 2. The Balaban J connectivity index is 1.25. The summed E-state index contributed by atoms with van der Waals surface area (Å²) in [6.45, 7) is 6.46. The fourth-order valence-corrected chi connectivity index (χ4v) is 5.37. The molecular formula is C23H30N2O2S. The highest BCUT2D eigenvalue weighted by Gasteiger charge is 2.34. The lowest BCUT2D eigenvalue weighted by atomic mass is 10.0. The summed E-state index contributed by atoms with van der Waals surface area (Å²) in [6, 6.07) is 13.5. The van der Waals surface area contributed by atoms with E-state index in [4.69, 9.17) is 4.74 Å². The zero-order valence-electron chi connectivity index (χ0n) is 16.7. The zero-order valence-corrected chi connectivity index (χ0v) is 17.5. The van der Waals surface area contributed by atoms with E-state index in [1.807, 2.05) is 24.0 Å². The number of nitrogens with zero attached hydrogens (tertiary/aromatic N) is 2. The fraction of sp³-hybridized carbons (Fsp3) is 0.522. The van der Waals surface area contributed by atoms with Crippen molar-refractivity contribution < 1.29 is 9.53 Å². The van der Waals surface area contributed by atoms with Crippen molar-refractivity contribution in [1.82, 2.24) is 9.80 Å². The van der Waals surface area contributed by atoms with Crippen LogP contribution in [0.25, 0.3) is 0 Å². The minimum absolute atomic E-state index is 0.209. The van der Waals surface area contributed by atoms with Crippen LogP contribution in [0.1, 0.15) is 46.5 Å². The van der Waals surface area contributed by atoms with E-state index in [-0.39, 0.29) is 5.91 Å². The summed E-state index contributed by atoms with van der Waals surface area (Å²) in [4.78, 5) is 18.3. The third-order valence-corrected chi connectivity index (χ3v) is 7.04. The lowest BCUT2D eigenvalue weighted by Gasteiger charge is -2.39. The molecule has 1 amide bonds. The van der Waals surface area contributed by atoms with Gasteiger partial charge in [0.15, 0.2) is 0 Å². The van der Waals surface area contributed by atoms with Crippen molar-refractivity contribution in [3.63, 3.8) is 0 Å². The molecule has 0 spiro atoms. The second-order valence-corrected chi connectivity index (χ2v) is 8.96. The molecule has 0 aliphatic carbocycles. The van der Waals surface area contributed by atoms with Crippen LogP contribution in [0.5, 0.6) is 0 Å². The van der Waals surface area contributed by atoms with Crippen LogP contribution in [0, 0.1) is 6.92 Å². The molecule has 2 aliphatic rings. The summed E-state index contributed by atoms with van der Waals surface area (Å²) in [7, 11) is 0. The van der Waals surface area contributed by atoms with Crippen molar-refractivity contribution in [1.29, 1.82) is 0 Å². The Kier molecular flexibility index (Phi) is 6.45. The fourth-order valence-electron chi connectivity index (χ4n) is 4.50. The molecule has 1 atom stereocenters. The first kappa shape index (κ1) is 19.6. The van der Waals surface area contributed by atoms with Crippen molar-refractivity contribution in [2.24, 2.45) is 0 Å². The van der Waals surface area contributed by atoms with Gasteiger partial charge in [0, 0.05) is 25.2 Å². The Labute approximate surface area is 172 Å². The van der Waals surface area contributed by atoms with Gasteiger partial charge in [-0.15, -0.1) is 11.3 Å². The number of rotatable bonds is 6. The van der Waals surface area contributed by atoms with Crippen LogP contribution in [-0.2, 0) is 11.3 Å². The number of benzene rings is 1. The lowest BCUT2D eigenvalue weighted by molar-refractivity contribution is 0.0315. The molecule has 3 heterocycles. The minimum Gasteiger partial charge on any atom is -0.375 e. The number of hydrogen-bond acceptors (Lipinski definition) is 4. The van der Waals surface area contributed by atoms with E-state index in [0.29, 0.717) is 18.7 Å². The second-order valence-electron chi connectivity index (χ2n) is 8.05. The van der Waals surface area contributed by atoms with Crippen LogP contribution in [-0.4, -0.2) is 54.0 Å². The van der Waals surface area contributed by atoms with Gasteiger partial charge < -0.3 is 9.64 Å². The number of hydrogen-bond donors (Lipinski definition) is 0. The summed E-state index contributed by atoms with van der Waals surface area (Å²) in [6.07, 6.45) is 4.63. The van der Waals surface area contributed by atoms with Crippen molar-refractivity contribution >= 4 is 17.2 Å². The summed E-state index contributed by atoms with van der Waals surface area (Å²) < 4.78 is 6.04. The van der Waals surface area contributed by atoms with Crippen LogP contribution in [0.3, 0.4) is 0 Å². The highest BCUT2D eigenvalue weighted by molar-refractivity contribution is 7.12. The Morgan fingerprint density at radius 1 is 1.14 bits per heavy atom. The number of piperidine rings is 1. The number of aryl methyl sites for hydroxylation is 1. The molecule has 4 rings (SSSR count). The highest BCUT2D eigenvalue weighted by atomic mass is 32.1. The molecule has 0 radical (unpaired) electrons. The average Bonchev–Trinajstić information content (AvgIpc) is 3.37. The number of ether oxygens (including phenoxy) is 1. The maximum Gasteiger partial charge on any atom is 0.263 e. The van der Waals surface area contributed by atoms with Gasteiger partial charge in [0.05, 0.1) is 18.1 Å². The molecule has 0 unspecified atom stereocenters. The normalized spacial score (nSPS) is 21.3. The summed E-state index contributed by atoms with van der Waals surface area (Å²) >= 11 is 1.57. The number of carbonyl (C=O) groups excluding carboxylic acids is 1. The summed E-state index contributed by atoms with van der Waals surface area (Å²) in [5.74, 6) is 0.209. The van der Waals surface area contributed by atoms with Crippen LogP contribution >= 0.6 is 11.3 Å². The van der Waals surface area contributed by atoms with Gasteiger partial charge in [0.25, 0.3) is 5.91 Å². The first-order chi connectivity index (χ1) is 13.7. The maximum atomic E-state index is 12.7. The predicted molar refractivity (Wildman–Crippen MR) is 114 cm³/mol. The third-order valence-electron chi connectivity index (χ3n) is 6.01. The molecule has 5 heteroatoms. The van der Waals surface area contributed by atoms with Crippen molar-refractivity contribution in [3.05, 3.63) is 57.8 Å². The van der Waals surface area contributed by atoms with E-state index in [0.717, 1.165) is 37.4 Å². The molecule has 28 heavy (non-hydrogen) atoms. The molecule has 2 fully saturated rings. The highest BCUT2D eigenvalue weighted by Crippen LogP contribution is 2.27. The predicted octanol–water partition coefficient (Wildman–Crippen LogP) is 4.34.